The minimum Gasteiger partial charge on any atom is -0.507 e. The summed E-state index contributed by atoms with van der Waals surface area (Å²) in [5.41, 5.74) is -0.812. The number of aromatic hydroxyl groups is 1. The first-order chi connectivity index (χ1) is 8.00. The molecule has 0 atom stereocenters. The summed E-state index contributed by atoms with van der Waals surface area (Å²) in [6.07, 6.45) is 0. The highest BCUT2D eigenvalue weighted by molar-refractivity contribution is 7.85. The summed E-state index contributed by atoms with van der Waals surface area (Å²) >= 11 is 0. The summed E-state index contributed by atoms with van der Waals surface area (Å²) in [4.78, 5) is 27.2. The molecule has 1 aromatic carbocycles. The molecule has 100 valence electrons. The second kappa shape index (κ2) is 4.67. The van der Waals surface area contributed by atoms with Crippen LogP contribution in [0.25, 0.3) is 0 Å². The highest BCUT2D eigenvalue weighted by Crippen LogP contribution is 2.38. The van der Waals surface area contributed by atoms with Crippen molar-refractivity contribution in [1.82, 2.24) is 0 Å². The van der Waals surface area contributed by atoms with Crippen molar-refractivity contribution in [3.05, 3.63) is 23.8 Å². The third kappa shape index (κ3) is 3.79. The quantitative estimate of drug-likeness (QED) is 0.441. The first kappa shape index (κ1) is 14.6. The van der Waals surface area contributed by atoms with E-state index in [-0.39, 0.29) is 0 Å². The van der Waals surface area contributed by atoms with Crippen molar-refractivity contribution >= 4 is 23.9 Å². The highest BCUT2D eigenvalue weighted by Gasteiger charge is 2.25. The standard InChI is InChI=1S/C7H7O9PS/c8-6-2-1-4(18(13,14)15)3-5(6)7(9)16-17(10,11)12/h1-3,8H,(H2,10,11,12)(H,13,14,15). The average Bonchev–Trinajstić information content (AvgIpc) is 2.13. The SMILES string of the molecule is O=C(OP(=O)(O)O)c1cc(S(=O)(=O)O)ccc1O. The highest BCUT2D eigenvalue weighted by atomic mass is 32.2. The van der Waals surface area contributed by atoms with Gasteiger partial charge in [0, 0.05) is 0 Å². The Hall–Kier alpha value is -1.45. The zero-order chi connectivity index (χ0) is 14.1. The predicted octanol–water partition coefficient (Wildman–Crippen LogP) is -0.112. The largest absolute Gasteiger partial charge is 0.527 e. The van der Waals surface area contributed by atoms with Crippen LogP contribution >= 0.6 is 7.82 Å². The number of phenols is 1. The minimum absolute atomic E-state index is 0.517. The monoisotopic (exact) mass is 298 g/mol. The van der Waals surface area contributed by atoms with E-state index in [1.807, 2.05) is 0 Å². The summed E-state index contributed by atoms with van der Waals surface area (Å²) in [6, 6.07) is 2.06. The van der Waals surface area contributed by atoms with Crippen molar-refractivity contribution in [1.29, 1.82) is 0 Å². The smallest absolute Gasteiger partial charge is 0.507 e. The molecule has 0 aliphatic heterocycles. The van der Waals surface area contributed by atoms with E-state index >= 15 is 0 Å². The van der Waals surface area contributed by atoms with E-state index in [0.717, 1.165) is 12.1 Å². The van der Waals surface area contributed by atoms with Gasteiger partial charge in [0.2, 0.25) is 0 Å². The molecule has 0 radical (unpaired) electrons. The van der Waals surface area contributed by atoms with Crippen LogP contribution in [0.2, 0.25) is 0 Å². The third-order valence-electron chi connectivity index (χ3n) is 1.69. The number of hydrogen-bond donors (Lipinski definition) is 4. The summed E-state index contributed by atoms with van der Waals surface area (Å²) in [5.74, 6) is -2.40. The molecule has 0 bridgehead atoms. The topological polar surface area (TPSA) is 158 Å². The number of carbonyl (C=O) groups excluding carboxylic acids is 1. The lowest BCUT2D eigenvalue weighted by Crippen LogP contribution is -2.06. The Kier molecular flexibility index (Phi) is 3.79. The van der Waals surface area contributed by atoms with Crippen molar-refractivity contribution < 1.29 is 41.7 Å². The van der Waals surface area contributed by atoms with Crippen molar-refractivity contribution in [2.45, 2.75) is 4.90 Å². The summed E-state index contributed by atoms with van der Waals surface area (Å²) in [7, 11) is -9.77. The Morgan fingerprint density at radius 3 is 2.28 bits per heavy atom. The van der Waals surface area contributed by atoms with Crippen molar-refractivity contribution in [3.63, 3.8) is 0 Å². The maximum Gasteiger partial charge on any atom is 0.527 e. The Morgan fingerprint density at radius 2 is 1.83 bits per heavy atom. The van der Waals surface area contributed by atoms with E-state index < -0.39 is 40.1 Å². The number of rotatable bonds is 3. The molecule has 1 aromatic rings. The van der Waals surface area contributed by atoms with Crippen molar-refractivity contribution in [2.75, 3.05) is 0 Å². The summed E-state index contributed by atoms with van der Waals surface area (Å²) in [5, 5.41) is 9.24. The molecule has 0 saturated carbocycles. The van der Waals surface area contributed by atoms with Gasteiger partial charge in [0.25, 0.3) is 10.1 Å². The van der Waals surface area contributed by atoms with E-state index in [4.69, 9.17) is 14.3 Å². The molecule has 0 amide bonds. The molecule has 0 fully saturated rings. The van der Waals surface area contributed by atoms with Gasteiger partial charge in [-0.3, -0.25) is 14.3 Å². The van der Waals surface area contributed by atoms with Gasteiger partial charge in [-0.05, 0) is 18.2 Å². The van der Waals surface area contributed by atoms with Crippen molar-refractivity contribution in [2.24, 2.45) is 0 Å². The van der Waals surface area contributed by atoms with Gasteiger partial charge in [0.05, 0.1) is 4.90 Å². The lowest BCUT2D eigenvalue weighted by molar-refractivity contribution is 0.0674. The van der Waals surface area contributed by atoms with Gasteiger partial charge >= 0.3 is 13.8 Å². The summed E-state index contributed by atoms with van der Waals surface area (Å²) < 4.78 is 44.3. The molecule has 11 heteroatoms. The van der Waals surface area contributed by atoms with Gasteiger partial charge in [-0.25, -0.2) is 9.36 Å². The number of benzene rings is 1. The zero-order valence-corrected chi connectivity index (χ0v) is 10.1. The normalized spacial score (nSPS) is 12.2. The fourth-order valence-electron chi connectivity index (χ4n) is 0.996. The second-order valence-electron chi connectivity index (χ2n) is 3.02. The van der Waals surface area contributed by atoms with Crippen LogP contribution in [-0.4, -0.2) is 33.8 Å². The van der Waals surface area contributed by atoms with Crippen LogP contribution in [0.5, 0.6) is 5.75 Å². The number of phenolic OH excluding ortho intramolecular Hbond substituents is 1. The molecule has 9 nitrogen and oxygen atoms in total. The van der Waals surface area contributed by atoms with Crippen LogP contribution in [0.3, 0.4) is 0 Å². The lowest BCUT2D eigenvalue weighted by atomic mass is 10.2. The Morgan fingerprint density at radius 1 is 1.28 bits per heavy atom. The lowest BCUT2D eigenvalue weighted by Gasteiger charge is -2.07. The first-order valence-corrected chi connectivity index (χ1v) is 7.08. The maximum atomic E-state index is 11.2. The molecule has 0 unspecified atom stereocenters. The van der Waals surface area contributed by atoms with Gasteiger partial charge in [0.15, 0.2) is 0 Å². The van der Waals surface area contributed by atoms with Gasteiger partial charge in [-0.1, -0.05) is 0 Å². The Bertz CT molecular complexity index is 628. The number of hydrogen-bond acceptors (Lipinski definition) is 6. The first-order valence-electron chi connectivity index (χ1n) is 4.11. The molecule has 0 saturated heterocycles. The third-order valence-corrected chi connectivity index (χ3v) is 2.94. The molecule has 0 aliphatic rings. The molecule has 4 N–H and O–H groups in total. The fraction of sp³-hybridized carbons (Fsp3) is 0. The summed E-state index contributed by atoms with van der Waals surface area (Å²) in [6.45, 7) is 0. The van der Waals surface area contributed by atoms with E-state index in [0.29, 0.717) is 6.07 Å². The van der Waals surface area contributed by atoms with Crippen LogP contribution in [0.15, 0.2) is 23.1 Å². The second-order valence-corrected chi connectivity index (χ2v) is 5.61. The molecular formula is C7H7O9PS. The maximum absolute atomic E-state index is 11.2. The van der Waals surface area contributed by atoms with Gasteiger partial charge in [-0.15, -0.1) is 0 Å². The fourth-order valence-corrected chi connectivity index (χ4v) is 1.82. The van der Waals surface area contributed by atoms with E-state index in [9.17, 15) is 22.9 Å². The van der Waals surface area contributed by atoms with Crippen LogP contribution in [0.1, 0.15) is 10.4 Å². The zero-order valence-electron chi connectivity index (χ0n) is 8.42. The van der Waals surface area contributed by atoms with Crippen LogP contribution in [0.4, 0.5) is 0 Å². The minimum atomic E-state index is -5.14. The molecular weight excluding hydrogens is 291 g/mol. The van der Waals surface area contributed by atoms with Crippen molar-refractivity contribution in [3.8, 4) is 5.75 Å². The number of phosphoric ester groups is 1. The van der Waals surface area contributed by atoms with Crippen LogP contribution in [0, 0.1) is 0 Å². The molecule has 0 heterocycles. The molecule has 18 heavy (non-hydrogen) atoms. The van der Waals surface area contributed by atoms with Gasteiger partial charge < -0.3 is 9.63 Å². The molecule has 0 spiro atoms. The number of phosphoric acid groups is 1. The van der Waals surface area contributed by atoms with Crippen LogP contribution in [-0.2, 0) is 19.2 Å². The number of carbonyl (C=O) groups is 1. The average molecular weight is 298 g/mol. The van der Waals surface area contributed by atoms with Gasteiger partial charge in [-0.2, -0.15) is 8.42 Å². The Labute approximate surface area is 101 Å². The molecule has 0 aliphatic carbocycles. The van der Waals surface area contributed by atoms with Gasteiger partial charge in [0.1, 0.15) is 11.3 Å². The van der Waals surface area contributed by atoms with E-state index in [2.05, 4.69) is 4.52 Å². The Balaban J connectivity index is 3.25. The molecule has 1 rings (SSSR count). The van der Waals surface area contributed by atoms with E-state index in [1.165, 1.54) is 0 Å². The van der Waals surface area contributed by atoms with E-state index in [1.54, 1.807) is 0 Å². The van der Waals surface area contributed by atoms with Crippen LogP contribution < -0.4 is 0 Å². The molecule has 0 aromatic heterocycles. The predicted molar refractivity (Wildman–Crippen MR) is 55.4 cm³/mol.